The van der Waals surface area contributed by atoms with Gasteiger partial charge in [-0.1, -0.05) is 54.2 Å². The molecule has 2 aliphatic rings. The second-order valence-electron chi connectivity index (χ2n) is 7.45. The fraction of sp³-hybridized carbons (Fsp3) is 0.318. The van der Waals surface area contributed by atoms with Crippen molar-refractivity contribution in [1.82, 2.24) is 10.0 Å². The average molecular weight is 431 g/mol. The van der Waals surface area contributed by atoms with E-state index in [1.807, 2.05) is 0 Å². The summed E-state index contributed by atoms with van der Waals surface area (Å²) in [5, 5.41) is 3.26. The van der Waals surface area contributed by atoms with Gasteiger partial charge in [-0.05, 0) is 48.7 Å². The number of halogens is 2. The summed E-state index contributed by atoms with van der Waals surface area (Å²) in [6, 6.07) is 13.5. The van der Waals surface area contributed by atoms with Gasteiger partial charge in [0.15, 0.2) is 0 Å². The molecule has 0 radical (unpaired) electrons. The maximum Gasteiger partial charge on any atom is 0.273 e. The van der Waals surface area contributed by atoms with Crippen LogP contribution in [-0.4, -0.2) is 27.7 Å². The Kier molecular flexibility index (Phi) is 5.61. The van der Waals surface area contributed by atoms with Crippen LogP contribution in [0, 0.1) is 11.8 Å². The highest BCUT2D eigenvalue weighted by Gasteiger charge is 2.51. The fourth-order valence-electron chi connectivity index (χ4n) is 4.15. The van der Waals surface area contributed by atoms with Crippen molar-refractivity contribution in [1.29, 1.82) is 0 Å². The van der Waals surface area contributed by atoms with Crippen molar-refractivity contribution in [3.05, 3.63) is 69.7 Å². The average Bonchev–Trinajstić information content (AvgIpc) is 2.98. The van der Waals surface area contributed by atoms with Crippen LogP contribution >= 0.6 is 23.2 Å². The van der Waals surface area contributed by atoms with E-state index in [2.05, 4.69) is 0 Å². The van der Waals surface area contributed by atoms with E-state index in [-0.39, 0.29) is 30.2 Å². The highest BCUT2D eigenvalue weighted by Crippen LogP contribution is 2.39. The number of benzene rings is 2. The van der Waals surface area contributed by atoms with E-state index >= 15 is 0 Å². The van der Waals surface area contributed by atoms with Crippen molar-refractivity contribution < 1.29 is 14.4 Å². The molecule has 0 unspecified atom stereocenters. The van der Waals surface area contributed by atoms with Crippen LogP contribution in [0.25, 0.3) is 0 Å². The number of carbonyl (C=O) groups excluding carboxylic acids is 3. The Hall–Kier alpha value is -2.37. The predicted octanol–water partition coefficient (Wildman–Crippen LogP) is 4.73. The minimum Gasteiger partial charge on any atom is -0.272 e. The Bertz CT molecular complexity index is 937. The second kappa shape index (κ2) is 8.17. The summed E-state index contributed by atoms with van der Waals surface area (Å²) in [5.74, 6) is -1.73. The zero-order valence-corrected chi connectivity index (χ0v) is 17.2. The molecule has 29 heavy (non-hydrogen) atoms. The van der Waals surface area contributed by atoms with Crippen molar-refractivity contribution in [2.45, 2.75) is 32.2 Å². The van der Waals surface area contributed by atoms with Gasteiger partial charge in [0.05, 0.1) is 18.4 Å². The lowest BCUT2D eigenvalue weighted by Gasteiger charge is -2.31. The molecule has 2 atom stereocenters. The van der Waals surface area contributed by atoms with E-state index in [1.54, 1.807) is 48.5 Å². The van der Waals surface area contributed by atoms with E-state index in [9.17, 15) is 14.4 Å². The maximum absolute atomic E-state index is 13.3. The number of carbonyl (C=O) groups is 3. The van der Waals surface area contributed by atoms with Gasteiger partial charge in [0, 0.05) is 15.6 Å². The van der Waals surface area contributed by atoms with Crippen LogP contribution < -0.4 is 0 Å². The summed E-state index contributed by atoms with van der Waals surface area (Å²) >= 11 is 12.2. The molecule has 1 heterocycles. The molecule has 150 valence electrons. The molecule has 1 saturated carbocycles. The lowest BCUT2D eigenvalue weighted by molar-refractivity contribution is -0.155. The van der Waals surface area contributed by atoms with Crippen molar-refractivity contribution in [2.24, 2.45) is 11.8 Å². The molecular formula is C22H20Cl2N2O3. The molecule has 2 fully saturated rings. The largest absolute Gasteiger partial charge is 0.273 e. The molecule has 1 aliphatic carbocycles. The number of imide groups is 1. The third-order valence-corrected chi connectivity index (χ3v) is 6.28. The molecule has 2 aromatic rings. The molecule has 7 heteroatoms. The summed E-state index contributed by atoms with van der Waals surface area (Å²) in [7, 11) is 0. The van der Waals surface area contributed by atoms with Crippen LogP contribution in [0.4, 0.5) is 0 Å². The van der Waals surface area contributed by atoms with E-state index in [0.29, 0.717) is 34.0 Å². The number of fused-ring (bicyclic) bond motifs is 1. The Balaban J connectivity index is 1.72. The number of nitrogens with zero attached hydrogens (tertiary/aromatic N) is 2. The van der Waals surface area contributed by atoms with Gasteiger partial charge in [-0.25, -0.2) is 5.01 Å². The number of amides is 3. The highest BCUT2D eigenvalue weighted by atomic mass is 35.5. The SMILES string of the molecule is O=C(c1ccc(Cl)cc1)N(Cc1ccccc1Cl)N1C(=O)[C@@H]2CCCC[C@H]2C1=O. The molecule has 4 rings (SSSR count). The van der Waals surface area contributed by atoms with E-state index in [1.165, 1.54) is 5.01 Å². The first kappa shape index (κ1) is 19.9. The number of hydrogen-bond acceptors (Lipinski definition) is 3. The van der Waals surface area contributed by atoms with Gasteiger partial charge in [0.25, 0.3) is 17.7 Å². The predicted molar refractivity (Wildman–Crippen MR) is 110 cm³/mol. The molecule has 3 amide bonds. The van der Waals surface area contributed by atoms with Crippen molar-refractivity contribution in [3.8, 4) is 0 Å². The normalized spacial score (nSPS) is 21.2. The summed E-state index contributed by atoms with van der Waals surface area (Å²) in [6.45, 7) is 0.0258. The van der Waals surface area contributed by atoms with Gasteiger partial charge in [-0.15, -0.1) is 0 Å². The number of hydrogen-bond donors (Lipinski definition) is 0. The molecule has 0 N–H and O–H groups in total. The standard InChI is InChI=1S/C22H20Cl2N2O3/c23-16-11-9-14(10-12-16)20(27)25(13-15-5-1-4-8-19(15)24)26-21(28)17-6-2-3-7-18(17)22(26)29/h1,4-5,8-12,17-18H,2-3,6-7,13H2/t17-,18-/m1/s1. The molecular weight excluding hydrogens is 411 g/mol. The topological polar surface area (TPSA) is 57.7 Å². The van der Waals surface area contributed by atoms with Gasteiger partial charge >= 0.3 is 0 Å². The van der Waals surface area contributed by atoms with Crippen LogP contribution in [0.2, 0.25) is 10.0 Å². The van der Waals surface area contributed by atoms with Gasteiger partial charge in [-0.3, -0.25) is 14.4 Å². The van der Waals surface area contributed by atoms with Crippen LogP contribution in [-0.2, 0) is 16.1 Å². The zero-order chi connectivity index (χ0) is 20.5. The third kappa shape index (κ3) is 3.77. The van der Waals surface area contributed by atoms with Crippen molar-refractivity contribution >= 4 is 40.9 Å². The molecule has 5 nitrogen and oxygen atoms in total. The van der Waals surface area contributed by atoms with Crippen LogP contribution in [0.15, 0.2) is 48.5 Å². The molecule has 2 aromatic carbocycles. The van der Waals surface area contributed by atoms with Crippen LogP contribution in [0.5, 0.6) is 0 Å². The maximum atomic E-state index is 13.3. The van der Waals surface area contributed by atoms with Crippen molar-refractivity contribution in [3.63, 3.8) is 0 Å². The fourth-order valence-corrected chi connectivity index (χ4v) is 4.47. The number of rotatable bonds is 4. The Labute approximate surface area is 179 Å². The van der Waals surface area contributed by atoms with E-state index in [0.717, 1.165) is 17.9 Å². The minimum absolute atomic E-state index is 0.0258. The summed E-state index contributed by atoms with van der Waals surface area (Å²) < 4.78 is 0. The number of hydrazine groups is 1. The molecule has 0 spiro atoms. The van der Waals surface area contributed by atoms with Gasteiger partial charge in [-0.2, -0.15) is 5.01 Å². The Morgan fingerprint density at radius 2 is 1.52 bits per heavy atom. The van der Waals surface area contributed by atoms with E-state index in [4.69, 9.17) is 23.2 Å². The van der Waals surface area contributed by atoms with E-state index < -0.39 is 5.91 Å². The molecule has 0 bridgehead atoms. The lowest BCUT2D eigenvalue weighted by Crippen LogP contribution is -2.49. The second-order valence-corrected chi connectivity index (χ2v) is 8.29. The third-order valence-electron chi connectivity index (χ3n) is 5.66. The first-order chi connectivity index (χ1) is 14.0. The molecule has 1 aliphatic heterocycles. The molecule has 0 aromatic heterocycles. The van der Waals surface area contributed by atoms with Gasteiger partial charge in [0.2, 0.25) is 0 Å². The van der Waals surface area contributed by atoms with Gasteiger partial charge < -0.3 is 0 Å². The van der Waals surface area contributed by atoms with Crippen molar-refractivity contribution in [2.75, 3.05) is 0 Å². The minimum atomic E-state index is -0.443. The Morgan fingerprint density at radius 1 is 0.931 bits per heavy atom. The first-order valence-electron chi connectivity index (χ1n) is 9.66. The first-order valence-corrected chi connectivity index (χ1v) is 10.4. The molecule has 1 saturated heterocycles. The summed E-state index contributed by atoms with van der Waals surface area (Å²) in [6.07, 6.45) is 3.20. The summed E-state index contributed by atoms with van der Waals surface area (Å²) in [4.78, 5) is 39.6. The summed E-state index contributed by atoms with van der Waals surface area (Å²) in [5.41, 5.74) is 1.00. The Morgan fingerprint density at radius 3 is 2.10 bits per heavy atom. The quantitative estimate of drug-likeness (QED) is 0.658. The monoisotopic (exact) mass is 430 g/mol. The lowest BCUT2D eigenvalue weighted by atomic mass is 9.81. The van der Waals surface area contributed by atoms with Gasteiger partial charge in [0.1, 0.15) is 0 Å². The smallest absolute Gasteiger partial charge is 0.272 e. The zero-order valence-electron chi connectivity index (χ0n) is 15.7. The van der Waals surface area contributed by atoms with Crippen LogP contribution in [0.1, 0.15) is 41.6 Å². The van der Waals surface area contributed by atoms with Crippen LogP contribution in [0.3, 0.4) is 0 Å². The highest BCUT2D eigenvalue weighted by molar-refractivity contribution is 6.31.